The molecular formula is C21H27NOS. The van der Waals surface area contributed by atoms with E-state index in [9.17, 15) is 4.79 Å². The molecule has 0 fully saturated rings. The Morgan fingerprint density at radius 1 is 1.21 bits per heavy atom. The Morgan fingerprint density at radius 2 is 2.00 bits per heavy atom. The van der Waals surface area contributed by atoms with Crippen LogP contribution >= 0.6 is 11.3 Å². The number of rotatable bonds is 7. The van der Waals surface area contributed by atoms with Gasteiger partial charge in [-0.25, -0.2) is 0 Å². The average molecular weight is 342 g/mol. The van der Waals surface area contributed by atoms with E-state index in [1.54, 1.807) is 0 Å². The SMILES string of the molecule is CC(C)c1ccc(CCCC(=O)c2ccc(C3=CC=NC3)cc2)s1.[HH].[HH]. The molecule has 0 N–H and O–H groups in total. The van der Waals surface area contributed by atoms with E-state index in [0.717, 1.165) is 30.5 Å². The molecule has 0 aliphatic carbocycles. The van der Waals surface area contributed by atoms with Crippen LogP contribution in [0.2, 0.25) is 0 Å². The summed E-state index contributed by atoms with van der Waals surface area (Å²) >= 11 is 1.88. The van der Waals surface area contributed by atoms with Crippen molar-refractivity contribution in [1.29, 1.82) is 0 Å². The molecule has 3 rings (SSSR count). The molecule has 0 saturated heterocycles. The fourth-order valence-electron chi connectivity index (χ4n) is 2.81. The van der Waals surface area contributed by atoms with Crippen molar-refractivity contribution in [2.24, 2.45) is 4.99 Å². The van der Waals surface area contributed by atoms with Gasteiger partial charge in [0, 0.05) is 30.8 Å². The first-order valence-electron chi connectivity index (χ1n) is 8.54. The van der Waals surface area contributed by atoms with Crippen LogP contribution in [0, 0.1) is 0 Å². The zero-order chi connectivity index (χ0) is 16.9. The molecule has 1 aromatic carbocycles. The maximum atomic E-state index is 12.3. The van der Waals surface area contributed by atoms with Crippen LogP contribution in [0.15, 0.2) is 47.5 Å². The molecule has 128 valence electrons. The van der Waals surface area contributed by atoms with Gasteiger partial charge in [-0.3, -0.25) is 9.79 Å². The lowest BCUT2D eigenvalue weighted by atomic mass is 10.0. The summed E-state index contributed by atoms with van der Waals surface area (Å²) in [4.78, 5) is 19.4. The van der Waals surface area contributed by atoms with Gasteiger partial charge in [-0.05, 0) is 48.1 Å². The van der Waals surface area contributed by atoms with Gasteiger partial charge in [-0.1, -0.05) is 38.1 Å². The molecule has 0 unspecified atom stereocenters. The number of ketones is 1. The zero-order valence-corrected chi connectivity index (χ0v) is 15.1. The Morgan fingerprint density at radius 3 is 2.62 bits per heavy atom. The van der Waals surface area contributed by atoms with Crippen molar-refractivity contribution in [3.05, 3.63) is 63.4 Å². The van der Waals surface area contributed by atoms with Crippen molar-refractivity contribution in [2.75, 3.05) is 6.54 Å². The summed E-state index contributed by atoms with van der Waals surface area (Å²) in [5.41, 5.74) is 3.18. The van der Waals surface area contributed by atoms with Gasteiger partial charge >= 0.3 is 0 Å². The monoisotopic (exact) mass is 341 g/mol. The Bertz CT molecular complexity index is 776. The Balaban J connectivity index is 0.00000169. The highest BCUT2D eigenvalue weighted by atomic mass is 32.1. The number of thiophene rings is 1. The summed E-state index contributed by atoms with van der Waals surface area (Å²) in [6.45, 7) is 5.18. The van der Waals surface area contributed by atoms with Crippen LogP contribution < -0.4 is 0 Å². The quantitative estimate of drug-likeness (QED) is 0.565. The molecule has 0 radical (unpaired) electrons. The summed E-state index contributed by atoms with van der Waals surface area (Å²) in [5, 5.41) is 0. The second-order valence-corrected chi connectivity index (χ2v) is 7.69. The highest BCUT2D eigenvalue weighted by Crippen LogP contribution is 2.25. The van der Waals surface area contributed by atoms with E-state index in [1.165, 1.54) is 15.3 Å². The number of carbonyl (C=O) groups is 1. The molecule has 0 saturated carbocycles. The van der Waals surface area contributed by atoms with E-state index < -0.39 is 0 Å². The van der Waals surface area contributed by atoms with Crippen molar-refractivity contribution in [3.8, 4) is 0 Å². The molecular weight excluding hydrogens is 314 g/mol. The summed E-state index contributed by atoms with van der Waals surface area (Å²) in [5.74, 6) is 0.822. The van der Waals surface area contributed by atoms with E-state index in [0.29, 0.717) is 12.3 Å². The molecule has 0 atom stereocenters. The van der Waals surface area contributed by atoms with E-state index in [1.807, 2.05) is 47.9 Å². The normalized spacial score (nSPS) is 13.5. The number of hydrogen-bond donors (Lipinski definition) is 0. The van der Waals surface area contributed by atoms with Gasteiger partial charge in [-0.15, -0.1) is 11.3 Å². The van der Waals surface area contributed by atoms with Gasteiger partial charge in [-0.2, -0.15) is 0 Å². The third kappa shape index (κ3) is 4.09. The second-order valence-electron chi connectivity index (χ2n) is 6.49. The molecule has 0 amide bonds. The number of aryl methyl sites for hydroxylation is 1. The van der Waals surface area contributed by atoms with Gasteiger partial charge in [0.1, 0.15) is 0 Å². The zero-order valence-electron chi connectivity index (χ0n) is 14.3. The topological polar surface area (TPSA) is 29.4 Å². The van der Waals surface area contributed by atoms with Crippen molar-refractivity contribution in [2.45, 2.75) is 39.0 Å². The number of allylic oxidation sites excluding steroid dienone is 1. The number of hydrogen-bond acceptors (Lipinski definition) is 3. The maximum Gasteiger partial charge on any atom is 0.162 e. The highest BCUT2D eigenvalue weighted by Gasteiger charge is 2.09. The molecule has 24 heavy (non-hydrogen) atoms. The minimum absolute atomic E-state index is 0. The Labute approximate surface area is 150 Å². The lowest BCUT2D eigenvalue weighted by Crippen LogP contribution is -2.00. The van der Waals surface area contributed by atoms with Crippen LogP contribution in [0.1, 0.15) is 61.1 Å². The third-order valence-electron chi connectivity index (χ3n) is 4.30. The lowest BCUT2D eigenvalue weighted by molar-refractivity contribution is 0.0980. The van der Waals surface area contributed by atoms with Crippen LogP contribution in [0.25, 0.3) is 5.57 Å². The van der Waals surface area contributed by atoms with E-state index in [2.05, 4.69) is 31.0 Å². The molecule has 0 spiro atoms. The third-order valence-corrected chi connectivity index (χ3v) is 5.74. The number of nitrogens with zero attached hydrogens (tertiary/aromatic N) is 1. The highest BCUT2D eigenvalue weighted by molar-refractivity contribution is 7.12. The second kappa shape index (κ2) is 7.71. The maximum absolute atomic E-state index is 12.3. The van der Waals surface area contributed by atoms with E-state index >= 15 is 0 Å². The van der Waals surface area contributed by atoms with Crippen LogP contribution in [-0.4, -0.2) is 18.5 Å². The lowest BCUT2D eigenvalue weighted by Gasteiger charge is -2.04. The van der Waals surface area contributed by atoms with Crippen LogP contribution in [0.3, 0.4) is 0 Å². The number of aliphatic imine (C=N–C) groups is 1. The number of Topliss-reactive ketones (excluding diaryl/α,β-unsaturated/α-hetero) is 1. The molecule has 2 nitrogen and oxygen atoms in total. The molecule has 2 heterocycles. The smallest absolute Gasteiger partial charge is 0.162 e. The summed E-state index contributed by atoms with van der Waals surface area (Å²) in [6.07, 6.45) is 6.38. The van der Waals surface area contributed by atoms with Gasteiger partial charge in [0.05, 0.1) is 6.54 Å². The number of carbonyl (C=O) groups excluding carboxylic acids is 1. The minimum atomic E-state index is 0. The van der Waals surface area contributed by atoms with E-state index in [-0.39, 0.29) is 8.64 Å². The molecule has 1 aliphatic rings. The minimum Gasteiger partial charge on any atom is -0.294 e. The summed E-state index contributed by atoms with van der Waals surface area (Å²) in [7, 11) is 0. The first-order chi connectivity index (χ1) is 11.6. The van der Waals surface area contributed by atoms with Gasteiger partial charge in [0.25, 0.3) is 0 Å². The predicted molar refractivity (Wildman–Crippen MR) is 108 cm³/mol. The first-order valence-corrected chi connectivity index (χ1v) is 9.36. The standard InChI is InChI=1S/C21H23NOS.2H2/c1-15(2)21-11-10-19(24-21)4-3-5-20(23)17-8-6-16(7-9-17)18-12-13-22-14-18;;/h6-13,15H,3-5,14H2,1-2H3;2*1H. The molecule has 1 aromatic heterocycles. The molecule has 0 bridgehead atoms. The number of benzene rings is 1. The Hall–Kier alpha value is -2.00. The average Bonchev–Trinajstić information content (AvgIpc) is 3.27. The van der Waals surface area contributed by atoms with E-state index in [4.69, 9.17) is 0 Å². The first kappa shape index (κ1) is 16.8. The van der Waals surface area contributed by atoms with Crippen molar-refractivity contribution in [3.63, 3.8) is 0 Å². The van der Waals surface area contributed by atoms with Crippen LogP contribution in [0.4, 0.5) is 0 Å². The van der Waals surface area contributed by atoms with Crippen LogP contribution in [0.5, 0.6) is 0 Å². The van der Waals surface area contributed by atoms with Gasteiger partial charge in [0.2, 0.25) is 0 Å². The molecule has 2 aromatic rings. The van der Waals surface area contributed by atoms with Crippen molar-refractivity contribution in [1.82, 2.24) is 0 Å². The van der Waals surface area contributed by atoms with Crippen molar-refractivity contribution < 1.29 is 7.65 Å². The fraction of sp³-hybridized carbons (Fsp3) is 0.333. The largest absolute Gasteiger partial charge is 0.294 e. The molecule has 3 heteroatoms. The van der Waals surface area contributed by atoms with Gasteiger partial charge < -0.3 is 0 Å². The Kier molecular flexibility index (Phi) is 5.41. The summed E-state index contributed by atoms with van der Waals surface area (Å²) in [6, 6.07) is 12.4. The fourth-order valence-corrected chi connectivity index (χ4v) is 3.87. The van der Waals surface area contributed by atoms with Crippen molar-refractivity contribution >= 4 is 28.9 Å². The van der Waals surface area contributed by atoms with Gasteiger partial charge in [0.15, 0.2) is 5.78 Å². The van der Waals surface area contributed by atoms with Crippen LogP contribution in [-0.2, 0) is 6.42 Å². The molecule has 1 aliphatic heterocycles. The predicted octanol–water partition coefficient (Wildman–Crippen LogP) is 6.04. The summed E-state index contributed by atoms with van der Waals surface area (Å²) < 4.78 is 0.